The number of ether oxygens (including phenoxy) is 1. The molecule has 0 aliphatic carbocycles. The van der Waals surface area contributed by atoms with Crippen LogP contribution in [0.2, 0.25) is 0 Å². The van der Waals surface area contributed by atoms with E-state index in [1.165, 1.54) is 4.57 Å². The molecule has 0 aliphatic rings. The van der Waals surface area contributed by atoms with Gasteiger partial charge < -0.3 is 14.5 Å². The predicted molar refractivity (Wildman–Crippen MR) is 112 cm³/mol. The minimum absolute atomic E-state index is 0.282. The molecular formula is C23H20N2O4. The SMILES string of the molecule is COc1cccc(NC(=O)c2ccc3oc(=O)n(Cc4ccc(C)cc4)c3c2)c1. The lowest BCUT2D eigenvalue weighted by atomic mass is 10.1. The molecule has 0 bridgehead atoms. The maximum atomic E-state index is 12.7. The Morgan fingerprint density at radius 2 is 1.86 bits per heavy atom. The van der Waals surface area contributed by atoms with E-state index in [9.17, 15) is 9.59 Å². The molecule has 1 N–H and O–H groups in total. The van der Waals surface area contributed by atoms with Gasteiger partial charge in [0.15, 0.2) is 5.58 Å². The van der Waals surface area contributed by atoms with Gasteiger partial charge in [0, 0.05) is 17.3 Å². The van der Waals surface area contributed by atoms with Crippen molar-refractivity contribution < 1.29 is 13.9 Å². The Labute approximate surface area is 167 Å². The number of aryl methyl sites for hydroxylation is 1. The summed E-state index contributed by atoms with van der Waals surface area (Å²) in [4.78, 5) is 25.0. The molecule has 146 valence electrons. The van der Waals surface area contributed by atoms with Crippen LogP contribution in [0.3, 0.4) is 0 Å². The van der Waals surface area contributed by atoms with Crippen molar-refractivity contribution in [3.8, 4) is 5.75 Å². The molecular weight excluding hydrogens is 368 g/mol. The number of rotatable bonds is 5. The summed E-state index contributed by atoms with van der Waals surface area (Å²) in [5, 5.41) is 2.84. The molecule has 0 aliphatic heterocycles. The number of nitrogens with zero attached hydrogens (tertiary/aromatic N) is 1. The third-order valence-electron chi connectivity index (χ3n) is 4.72. The second-order valence-electron chi connectivity index (χ2n) is 6.81. The average Bonchev–Trinajstić information content (AvgIpc) is 3.04. The monoisotopic (exact) mass is 388 g/mol. The minimum Gasteiger partial charge on any atom is -0.497 e. The van der Waals surface area contributed by atoms with Crippen molar-refractivity contribution >= 4 is 22.7 Å². The van der Waals surface area contributed by atoms with Crippen LogP contribution in [0.25, 0.3) is 11.1 Å². The molecule has 0 fully saturated rings. The molecule has 4 rings (SSSR count). The lowest BCUT2D eigenvalue weighted by molar-refractivity contribution is 0.102. The van der Waals surface area contributed by atoms with Gasteiger partial charge in [-0.25, -0.2) is 4.79 Å². The highest BCUT2D eigenvalue weighted by Crippen LogP contribution is 2.20. The van der Waals surface area contributed by atoms with Crippen molar-refractivity contribution in [2.45, 2.75) is 13.5 Å². The fraction of sp³-hybridized carbons (Fsp3) is 0.130. The smallest absolute Gasteiger partial charge is 0.420 e. The van der Waals surface area contributed by atoms with Crippen LogP contribution in [0.5, 0.6) is 5.75 Å². The van der Waals surface area contributed by atoms with Gasteiger partial charge in [-0.3, -0.25) is 9.36 Å². The second-order valence-corrected chi connectivity index (χ2v) is 6.81. The Balaban J connectivity index is 1.65. The topological polar surface area (TPSA) is 73.5 Å². The number of aromatic nitrogens is 1. The van der Waals surface area contributed by atoms with E-state index in [1.807, 2.05) is 31.2 Å². The maximum absolute atomic E-state index is 12.7. The van der Waals surface area contributed by atoms with Crippen LogP contribution in [-0.2, 0) is 6.54 Å². The summed E-state index contributed by atoms with van der Waals surface area (Å²) < 4.78 is 12.0. The largest absolute Gasteiger partial charge is 0.497 e. The lowest BCUT2D eigenvalue weighted by Gasteiger charge is -2.08. The Hall–Kier alpha value is -3.80. The van der Waals surface area contributed by atoms with Crippen LogP contribution in [0, 0.1) is 6.92 Å². The van der Waals surface area contributed by atoms with Gasteiger partial charge >= 0.3 is 5.76 Å². The Morgan fingerprint density at radius 3 is 2.62 bits per heavy atom. The highest BCUT2D eigenvalue weighted by Gasteiger charge is 2.14. The number of methoxy groups -OCH3 is 1. The molecule has 29 heavy (non-hydrogen) atoms. The van der Waals surface area contributed by atoms with Crippen LogP contribution in [0.1, 0.15) is 21.5 Å². The van der Waals surface area contributed by atoms with E-state index in [1.54, 1.807) is 49.6 Å². The zero-order valence-corrected chi connectivity index (χ0v) is 16.1. The minimum atomic E-state index is -0.453. The zero-order valence-electron chi connectivity index (χ0n) is 16.1. The number of nitrogens with one attached hydrogen (secondary N) is 1. The molecule has 1 amide bonds. The fourth-order valence-corrected chi connectivity index (χ4v) is 3.13. The van der Waals surface area contributed by atoms with Crippen molar-refractivity contribution in [1.29, 1.82) is 0 Å². The molecule has 0 atom stereocenters. The number of fused-ring (bicyclic) bond motifs is 1. The van der Waals surface area contributed by atoms with Gasteiger partial charge in [0.1, 0.15) is 5.75 Å². The number of benzene rings is 3. The van der Waals surface area contributed by atoms with Gasteiger partial charge in [-0.05, 0) is 42.8 Å². The average molecular weight is 388 g/mol. The first-order valence-electron chi connectivity index (χ1n) is 9.18. The molecule has 1 heterocycles. The van der Waals surface area contributed by atoms with Crippen molar-refractivity contribution in [2.75, 3.05) is 12.4 Å². The van der Waals surface area contributed by atoms with Crippen LogP contribution in [-0.4, -0.2) is 17.6 Å². The standard InChI is InChI=1S/C23H20N2O4/c1-15-6-8-16(9-7-15)14-25-20-12-17(10-11-21(20)29-23(25)27)22(26)24-18-4-3-5-19(13-18)28-2/h3-13H,14H2,1-2H3,(H,24,26). The first-order valence-corrected chi connectivity index (χ1v) is 9.18. The maximum Gasteiger partial charge on any atom is 0.420 e. The van der Waals surface area contributed by atoms with Gasteiger partial charge in [0.05, 0.1) is 19.2 Å². The molecule has 4 aromatic rings. The van der Waals surface area contributed by atoms with E-state index in [4.69, 9.17) is 9.15 Å². The Kier molecular flexibility index (Phi) is 4.91. The molecule has 0 spiro atoms. The molecule has 0 radical (unpaired) electrons. The first kappa shape index (κ1) is 18.6. The van der Waals surface area contributed by atoms with Crippen molar-refractivity contribution in [3.05, 3.63) is 94.0 Å². The molecule has 1 aromatic heterocycles. The van der Waals surface area contributed by atoms with Gasteiger partial charge in [0.25, 0.3) is 5.91 Å². The van der Waals surface area contributed by atoms with Crippen LogP contribution in [0.4, 0.5) is 5.69 Å². The van der Waals surface area contributed by atoms with Gasteiger partial charge in [-0.15, -0.1) is 0 Å². The summed E-state index contributed by atoms with van der Waals surface area (Å²) in [5.41, 5.74) is 4.20. The lowest BCUT2D eigenvalue weighted by Crippen LogP contribution is -2.15. The Bertz CT molecular complexity index is 1240. The zero-order chi connectivity index (χ0) is 20.4. The quantitative estimate of drug-likeness (QED) is 0.556. The van der Waals surface area contributed by atoms with Gasteiger partial charge in [-0.1, -0.05) is 35.9 Å². The van der Waals surface area contributed by atoms with Crippen LogP contribution >= 0.6 is 0 Å². The molecule has 0 unspecified atom stereocenters. The summed E-state index contributed by atoms with van der Waals surface area (Å²) in [6.45, 7) is 2.38. The summed E-state index contributed by atoms with van der Waals surface area (Å²) >= 11 is 0. The number of amides is 1. The molecule has 0 saturated carbocycles. The van der Waals surface area contributed by atoms with E-state index in [0.29, 0.717) is 34.6 Å². The predicted octanol–water partition coefficient (Wildman–Crippen LogP) is 4.21. The molecule has 6 nitrogen and oxygen atoms in total. The highest BCUT2D eigenvalue weighted by molar-refractivity contribution is 6.05. The normalized spacial score (nSPS) is 10.8. The number of anilines is 1. The van der Waals surface area contributed by atoms with E-state index in [0.717, 1.165) is 11.1 Å². The second kappa shape index (κ2) is 7.67. The van der Waals surface area contributed by atoms with Crippen molar-refractivity contribution in [2.24, 2.45) is 0 Å². The summed E-state index contributed by atoms with van der Waals surface area (Å²) in [6, 6.07) is 20.0. The number of hydrogen-bond donors (Lipinski definition) is 1. The van der Waals surface area contributed by atoms with Crippen LogP contribution in [0.15, 0.2) is 75.9 Å². The molecule has 3 aromatic carbocycles. The third-order valence-corrected chi connectivity index (χ3v) is 4.72. The van der Waals surface area contributed by atoms with E-state index in [-0.39, 0.29) is 5.91 Å². The number of carbonyl (C=O) groups excluding carboxylic acids is 1. The van der Waals surface area contributed by atoms with E-state index >= 15 is 0 Å². The Morgan fingerprint density at radius 1 is 1.07 bits per heavy atom. The number of hydrogen-bond acceptors (Lipinski definition) is 4. The van der Waals surface area contributed by atoms with Crippen molar-refractivity contribution in [1.82, 2.24) is 4.57 Å². The summed E-state index contributed by atoms with van der Waals surface area (Å²) in [7, 11) is 1.57. The number of oxazole rings is 1. The van der Waals surface area contributed by atoms with Gasteiger partial charge in [-0.2, -0.15) is 0 Å². The molecule has 6 heteroatoms. The summed E-state index contributed by atoms with van der Waals surface area (Å²) in [5.74, 6) is -0.0818. The van der Waals surface area contributed by atoms with E-state index in [2.05, 4.69) is 5.32 Å². The number of carbonyl (C=O) groups is 1. The third kappa shape index (κ3) is 3.91. The fourth-order valence-electron chi connectivity index (χ4n) is 3.13. The molecule has 0 saturated heterocycles. The summed E-state index contributed by atoms with van der Waals surface area (Å²) in [6.07, 6.45) is 0. The van der Waals surface area contributed by atoms with E-state index < -0.39 is 5.76 Å². The van der Waals surface area contributed by atoms with Gasteiger partial charge in [0.2, 0.25) is 0 Å². The van der Waals surface area contributed by atoms with Crippen molar-refractivity contribution in [3.63, 3.8) is 0 Å². The first-order chi connectivity index (χ1) is 14.0. The van der Waals surface area contributed by atoms with Crippen LogP contribution < -0.4 is 15.8 Å². The highest BCUT2D eigenvalue weighted by atomic mass is 16.5.